The minimum absolute atomic E-state index is 0.127. The Balaban J connectivity index is 1.71. The number of aliphatic imine (C=N–C) groups is 1. The lowest BCUT2D eigenvalue weighted by Crippen LogP contribution is -2.10. The van der Waals surface area contributed by atoms with Crippen LogP contribution in [0, 0.1) is 10.1 Å². The van der Waals surface area contributed by atoms with Crippen LogP contribution in [0.3, 0.4) is 0 Å². The van der Waals surface area contributed by atoms with Crippen molar-refractivity contribution in [2.24, 2.45) is 4.99 Å². The molecule has 0 saturated carbocycles. The summed E-state index contributed by atoms with van der Waals surface area (Å²) >= 11 is 1.42. The number of fused-ring (bicyclic) bond motifs is 1. The van der Waals surface area contributed by atoms with Crippen LogP contribution in [0.4, 0.5) is 10.7 Å². The van der Waals surface area contributed by atoms with Crippen molar-refractivity contribution in [2.45, 2.75) is 32.6 Å². The van der Waals surface area contributed by atoms with Gasteiger partial charge in [0.1, 0.15) is 10.8 Å². The predicted molar refractivity (Wildman–Crippen MR) is 129 cm³/mol. The number of aryl methyl sites for hydroxylation is 1. The molecule has 3 aromatic rings. The van der Waals surface area contributed by atoms with Gasteiger partial charge in [-0.05, 0) is 56.4 Å². The molecule has 1 aliphatic carbocycles. The Morgan fingerprint density at radius 3 is 2.62 bits per heavy atom. The number of hydrogen-bond donors (Lipinski definition) is 0. The zero-order chi connectivity index (χ0) is 24.1. The number of non-ortho nitro benzene ring substituents is 1. The number of nitro groups is 1. The largest absolute Gasteiger partial charge is 0.462 e. The van der Waals surface area contributed by atoms with Crippen LogP contribution >= 0.6 is 11.3 Å². The quantitative estimate of drug-likeness (QED) is 0.142. The fraction of sp³-hybridized carbons (Fsp3) is 0.240. The van der Waals surface area contributed by atoms with Crippen molar-refractivity contribution in [1.82, 2.24) is 0 Å². The van der Waals surface area contributed by atoms with Crippen LogP contribution in [0.2, 0.25) is 0 Å². The lowest BCUT2D eigenvalue weighted by molar-refractivity contribution is -0.384. The van der Waals surface area contributed by atoms with Gasteiger partial charge >= 0.3 is 11.9 Å². The second-order valence-electron chi connectivity index (χ2n) is 7.60. The van der Waals surface area contributed by atoms with Gasteiger partial charge in [0.25, 0.3) is 5.69 Å². The van der Waals surface area contributed by atoms with Crippen LogP contribution in [0.5, 0.6) is 5.75 Å². The van der Waals surface area contributed by atoms with Crippen molar-refractivity contribution < 1.29 is 24.0 Å². The highest BCUT2D eigenvalue weighted by Crippen LogP contribution is 2.40. The van der Waals surface area contributed by atoms with Crippen LogP contribution in [-0.4, -0.2) is 29.7 Å². The summed E-state index contributed by atoms with van der Waals surface area (Å²) in [6.45, 7) is 1.99. The van der Waals surface area contributed by atoms with E-state index in [9.17, 15) is 19.7 Å². The number of ether oxygens (including phenoxy) is 2. The molecule has 0 spiro atoms. The zero-order valence-electron chi connectivity index (χ0n) is 18.5. The Labute approximate surface area is 200 Å². The molecule has 1 aliphatic rings. The molecule has 1 aromatic heterocycles. The first-order valence-corrected chi connectivity index (χ1v) is 11.7. The predicted octanol–water partition coefficient (Wildman–Crippen LogP) is 5.68. The molecule has 34 heavy (non-hydrogen) atoms. The summed E-state index contributed by atoms with van der Waals surface area (Å²) in [5.74, 6) is -0.895. The highest BCUT2D eigenvalue weighted by Gasteiger charge is 2.26. The maximum Gasteiger partial charge on any atom is 0.343 e. The van der Waals surface area contributed by atoms with E-state index in [2.05, 4.69) is 4.99 Å². The fourth-order valence-corrected chi connectivity index (χ4v) is 4.98. The van der Waals surface area contributed by atoms with E-state index in [1.807, 2.05) is 0 Å². The first-order valence-electron chi connectivity index (χ1n) is 10.9. The van der Waals surface area contributed by atoms with E-state index in [0.717, 1.165) is 36.1 Å². The van der Waals surface area contributed by atoms with Crippen molar-refractivity contribution in [1.29, 1.82) is 0 Å². The van der Waals surface area contributed by atoms with Crippen LogP contribution in [0.15, 0.2) is 53.5 Å². The molecule has 174 valence electrons. The van der Waals surface area contributed by atoms with Crippen molar-refractivity contribution in [3.63, 3.8) is 0 Å². The van der Waals surface area contributed by atoms with Gasteiger partial charge < -0.3 is 9.47 Å². The topological polar surface area (TPSA) is 108 Å². The number of carbonyl (C=O) groups is 2. The number of hydrogen-bond acceptors (Lipinski definition) is 8. The average molecular weight is 479 g/mol. The van der Waals surface area contributed by atoms with Crippen molar-refractivity contribution in [2.75, 3.05) is 6.61 Å². The lowest BCUT2D eigenvalue weighted by atomic mass is 9.95. The third kappa shape index (κ3) is 5.04. The molecule has 0 radical (unpaired) electrons. The number of benzene rings is 2. The molecule has 0 unspecified atom stereocenters. The third-order valence-electron chi connectivity index (χ3n) is 5.37. The molecular formula is C25H22N2O6S. The van der Waals surface area contributed by atoms with Gasteiger partial charge in [-0.1, -0.05) is 18.2 Å². The van der Waals surface area contributed by atoms with Gasteiger partial charge in [0.05, 0.1) is 22.7 Å². The standard InChI is InChI=1S/C25H22N2O6S/c1-2-32-25(29)22-19-10-6-7-11-21(19)34-23(22)26-15-17-14-18(27(30)31)12-13-20(17)33-24(28)16-8-4-3-5-9-16/h3-5,8-9,12-15H,2,6-7,10-11H2,1H3/b26-15-. The Bertz CT molecular complexity index is 1270. The van der Waals surface area contributed by atoms with Gasteiger partial charge in [-0.25, -0.2) is 14.6 Å². The molecule has 0 N–H and O–H groups in total. The molecule has 2 aromatic carbocycles. The van der Waals surface area contributed by atoms with E-state index in [0.29, 0.717) is 16.1 Å². The Hall–Kier alpha value is -3.85. The maximum absolute atomic E-state index is 12.7. The molecule has 0 bridgehead atoms. The molecule has 0 fully saturated rings. The summed E-state index contributed by atoms with van der Waals surface area (Å²) in [7, 11) is 0. The van der Waals surface area contributed by atoms with E-state index in [1.54, 1.807) is 37.3 Å². The van der Waals surface area contributed by atoms with Gasteiger partial charge in [0.15, 0.2) is 0 Å². The molecule has 0 amide bonds. The van der Waals surface area contributed by atoms with Crippen molar-refractivity contribution >= 4 is 40.2 Å². The molecule has 1 heterocycles. The SMILES string of the molecule is CCOC(=O)c1c(/N=C\c2cc([N+](=O)[O-])ccc2OC(=O)c2ccccc2)sc2c1CCCC2. The zero-order valence-corrected chi connectivity index (χ0v) is 19.3. The van der Waals surface area contributed by atoms with Crippen LogP contribution in [0.1, 0.15) is 56.5 Å². The van der Waals surface area contributed by atoms with E-state index in [4.69, 9.17) is 9.47 Å². The molecule has 0 atom stereocenters. The number of esters is 2. The van der Waals surface area contributed by atoms with Gasteiger partial charge in [-0.3, -0.25) is 10.1 Å². The summed E-state index contributed by atoms with van der Waals surface area (Å²) in [5.41, 5.74) is 1.85. The van der Waals surface area contributed by atoms with Gasteiger partial charge in [0, 0.05) is 28.8 Å². The molecular weight excluding hydrogens is 456 g/mol. The summed E-state index contributed by atoms with van der Waals surface area (Å²) < 4.78 is 10.8. The molecule has 0 aliphatic heterocycles. The van der Waals surface area contributed by atoms with Crippen LogP contribution in [-0.2, 0) is 17.6 Å². The minimum atomic E-state index is -0.595. The normalized spacial score (nSPS) is 12.9. The monoisotopic (exact) mass is 478 g/mol. The highest BCUT2D eigenvalue weighted by atomic mass is 32.1. The maximum atomic E-state index is 12.7. The second kappa shape index (κ2) is 10.4. The summed E-state index contributed by atoms with van der Waals surface area (Å²) in [4.78, 5) is 41.6. The molecule has 9 heteroatoms. The van der Waals surface area contributed by atoms with E-state index < -0.39 is 16.9 Å². The van der Waals surface area contributed by atoms with E-state index in [1.165, 1.54) is 35.8 Å². The Morgan fingerprint density at radius 2 is 1.88 bits per heavy atom. The van der Waals surface area contributed by atoms with Gasteiger partial charge in [-0.15, -0.1) is 11.3 Å². The molecule has 8 nitrogen and oxygen atoms in total. The van der Waals surface area contributed by atoms with Crippen LogP contribution in [0.25, 0.3) is 0 Å². The van der Waals surface area contributed by atoms with E-state index in [-0.39, 0.29) is 23.6 Å². The lowest BCUT2D eigenvalue weighted by Gasteiger charge is -2.11. The highest BCUT2D eigenvalue weighted by molar-refractivity contribution is 7.16. The van der Waals surface area contributed by atoms with Gasteiger partial charge in [-0.2, -0.15) is 0 Å². The summed E-state index contributed by atoms with van der Waals surface area (Å²) in [5, 5.41) is 11.8. The second-order valence-corrected chi connectivity index (χ2v) is 8.69. The number of nitro benzene ring substituents is 1. The number of rotatable bonds is 7. The summed E-state index contributed by atoms with van der Waals surface area (Å²) in [6.07, 6.45) is 5.08. The van der Waals surface area contributed by atoms with Crippen LogP contribution < -0.4 is 4.74 Å². The van der Waals surface area contributed by atoms with E-state index >= 15 is 0 Å². The molecule has 4 rings (SSSR count). The first kappa shape index (κ1) is 23.3. The number of nitrogens with zero attached hydrogens (tertiary/aromatic N) is 2. The van der Waals surface area contributed by atoms with Gasteiger partial charge in [0.2, 0.25) is 0 Å². The minimum Gasteiger partial charge on any atom is -0.462 e. The van der Waals surface area contributed by atoms with Crippen molar-refractivity contribution in [3.8, 4) is 5.75 Å². The molecule has 0 saturated heterocycles. The van der Waals surface area contributed by atoms with Crippen molar-refractivity contribution in [3.05, 3.63) is 85.8 Å². The Morgan fingerprint density at radius 1 is 1.12 bits per heavy atom. The average Bonchev–Trinajstić information content (AvgIpc) is 3.22. The Kier molecular flexibility index (Phi) is 7.12. The first-order chi connectivity index (χ1) is 16.5. The number of carbonyl (C=O) groups excluding carboxylic acids is 2. The summed E-state index contributed by atoms with van der Waals surface area (Å²) in [6, 6.07) is 12.4. The third-order valence-corrected chi connectivity index (χ3v) is 6.57. The fourth-order valence-electron chi connectivity index (χ4n) is 3.76. The smallest absolute Gasteiger partial charge is 0.343 e. The number of thiophene rings is 1.